The molecule has 1 fully saturated rings. The molecule has 0 aromatic heterocycles. The first-order chi connectivity index (χ1) is 8.97. The first-order valence-corrected chi connectivity index (χ1v) is 5.77. The Bertz CT molecular complexity index is 430. The van der Waals surface area contributed by atoms with Gasteiger partial charge in [-0.05, 0) is 24.6 Å². The molecular weight excluding hydrogens is 266 g/mol. The molecule has 0 amide bonds. The minimum Gasteiger partial charge on any atom is -0.382 e. The smallest absolute Gasteiger partial charge is 0.382 e. The fourth-order valence-electron chi connectivity index (χ4n) is 1.75. The van der Waals surface area contributed by atoms with E-state index < -0.39 is 17.6 Å². The number of halogens is 4. The number of nitrogens with one attached hydrogen (secondary N) is 1. The topological polar surface area (TPSA) is 30.5 Å². The lowest BCUT2D eigenvalue weighted by molar-refractivity contribution is -0.139. The number of benzene rings is 1. The zero-order chi connectivity index (χ0) is 13.9. The summed E-state index contributed by atoms with van der Waals surface area (Å²) in [5, 5.41) is 2.81. The summed E-state index contributed by atoms with van der Waals surface area (Å²) in [6.45, 7) is 1.10. The van der Waals surface area contributed by atoms with Gasteiger partial charge >= 0.3 is 6.18 Å². The summed E-state index contributed by atoms with van der Waals surface area (Å²) in [7, 11) is 0. The van der Waals surface area contributed by atoms with Crippen LogP contribution < -0.4 is 5.32 Å². The maximum absolute atomic E-state index is 13.1. The van der Waals surface area contributed by atoms with Gasteiger partial charge in [-0.25, -0.2) is 4.39 Å². The SMILES string of the molecule is Fc1ccc(NCC2CCOCO2)cc1C(F)(F)F. The van der Waals surface area contributed by atoms with Gasteiger partial charge in [0, 0.05) is 12.2 Å². The molecule has 0 bridgehead atoms. The lowest BCUT2D eigenvalue weighted by Crippen LogP contribution is -2.30. The van der Waals surface area contributed by atoms with E-state index in [4.69, 9.17) is 9.47 Å². The molecule has 1 unspecified atom stereocenters. The molecule has 1 aliphatic heterocycles. The summed E-state index contributed by atoms with van der Waals surface area (Å²) in [6.07, 6.45) is -4.15. The number of ether oxygens (including phenoxy) is 2. The van der Waals surface area contributed by atoms with Crippen LogP contribution in [-0.2, 0) is 15.7 Å². The van der Waals surface area contributed by atoms with E-state index in [1.165, 1.54) is 6.07 Å². The Morgan fingerprint density at radius 2 is 2.11 bits per heavy atom. The van der Waals surface area contributed by atoms with E-state index in [9.17, 15) is 17.6 Å². The molecule has 0 radical (unpaired) electrons. The second-order valence-electron chi connectivity index (χ2n) is 4.18. The number of rotatable bonds is 3. The Labute approximate surface area is 107 Å². The molecule has 0 spiro atoms. The van der Waals surface area contributed by atoms with E-state index in [1.807, 2.05) is 0 Å². The van der Waals surface area contributed by atoms with Crippen molar-refractivity contribution in [2.24, 2.45) is 0 Å². The van der Waals surface area contributed by atoms with E-state index >= 15 is 0 Å². The summed E-state index contributed by atoms with van der Waals surface area (Å²) in [6, 6.07) is 2.83. The third kappa shape index (κ3) is 3.81. The number of anilines is 1. The van der Waals surface area contributed by atoms with Crippen LogP contribution in [0.1, 0.15) is 12.0 Å². The summed E-state index contributed by atoms with van der Waals surface area (Å²) < 4.78 is 60.8. The van der Waals surface area contributed by atoms with Crippen LogP contribution in [0.2, 0.25) is 0 Å². The molecular formula is C12H13F4NO2. The maximum atomic E-state index is 13.1. The van der Waals surface area contributed by atoms with Crippen LogP contribution in [0.25, 0.3) is 0 Å². The highest BCUT2D eigenvalue weighted by atomic mass is 19.4. The van der Waals surface area contributed by atoms with E-state index in [0.717, 1.165) is 12.1 Å². The van der Waals surface area contributed by atoms with Crippen LogP contribution in [0.3, 0.4) is 0 Å². The standard InChI is InChI=1S/C12H13F4NO2/c13-11-2-1-8(5-10(11)12(14,15)16)17-6-9-3-4-18-7-19-9/h1-2,5,9,17H,3-4,6-7H2. The third-order valence-corrected chi connectivity index (χ3v) is 2.78. The molecule has 0 aliphatic carbocycles. The molecule has 106 valence electrons. The predicted octanol–water partition coefficient (Wildman–Crippen LogP) is 3.02. The van der Waals surface area contributed by atoms with Gasteiger partial charge < -0.3 is 14.8 Å². The number of hydrogen-bond donors (Lipinski definition) is 1. The highest BCUT2D eigenvalue weighted by molar-refractivity contribution is 5.47. The normalized spacial score (nSPS) is 20.3. The fraction of sp³-hybridized carbons (Fsp3) is 0.500. The largest absolute Gasteiger partial charge is 0.419 e. The molecule has 3 nitrogen and oxygen atoms in total. The maximum Gasteiger partial charge on any atom is 0.419 e. The molecule has 1 N–H and O–H groups in total. The molecule has 1 saturated heterocycles. The summed E-state index contributed by atoms with van der Waals surface area (Å²) in [5.41, 5.74) is -1.06. The zero-order valence-corrected chi connectivity index (χ0v) is 9.97. The monoisotopic (exact) mass is 279 g/mol. The van der Waals surface area contributed by atoms with E-state index in [-0.39, 0.29) is 18.6 Å². The fourth-order valence-corrected chi connectivity index (χ4v) is 1.75. The minimum atomic E-state index is -4.70. The molecule has 1 aliphatic rings. The minimum absolute atomic E-state index is 0.117. The van der Waals surface area contributed by atoms with Gasteiger partial charge in [-0.2, -0.15) is 13.2 Å². The van der Waals surface area contributed by atoms with Crippen LogP contribution in [0.4, 0.5) is 23.2 Å². The second-order valence-corrected chi connectivity index (χ2v) is 4.18. The first kappa shape index (κ1) is 14.1. The Hall–Kier alpha value is -1.34. The van der Waals surface area contributed by atoms with Gasteiger partial charge in [0.2, 0.25) is 0 Å². The summed E-state index contributed by atoms with van der Waals surface area (Å²) in [4.78, 5) is 0. The highest BCUT2D eigenvalue weighted by Gasteiger charge is 2.34. The van der Waals surface area contributed by atoms with Crippen molar-refractivity contribution in [3.63, 3.8) is 0 Å². The Kier molecular flexibility index (Phi) is 4.26. The molecule has 0 saturated carbocycles. The lowest BCUT2D eigenvalue weighted by Gasteiger charge is -2.23. The van der Waals surface area contributed by atoms with Crippen LogP contribution in [-0.4, -0.2) is 26.0 Å². The van der Waals surface area contributed by atoms with Crippen molar-refractivity contribution >= 4 is 5.69 Å². The van der Waals surface area contributed by atoms with Crippen molar-refractivity contribution in [2.75, 3.05) is 25.3 Å². The van der Waals surface area contributed by atoms with Gasteiger partial charge in [0.1, 0.15) is 12.6 Å². The molecule has 1 aromatic rings. The van der Waals surface area contributed by atoms with E-state index in [1.54, 1.807) is 0 Å². The van der Waals surface area contributed by atoms with Crippen molar-refractivity contribution in [3.8, 4) is 0 Å². The lowest BCUT2D eigenvalue weighted by atomic mass is 10.1. The van der Waals surface area contributed by atoms with Crippen molar-refractivity contribution in [1.82, 2.24) is 0 Å². The predicted molar refractivity (Wildman–Crippen MR) is 60.2 cm³/mol. The van der Waals surface area contributed by atoms with Crippen molar-refractivity contribution < 1.29 is 27.0 Å². The molecule has 1 heterocycles. The first-order valence-electron chi connectivity index (χ1n) is 5.77. The Morgan fingerprint density at radius 1 is 1.32 bits per heavy atom. The highest BCUT2D eigenvalue weighted by Crippen LogP contribution is 2.33. The zero-order valence-electron chi connectivity index (χ0n) is 9.97. The van der Waals surface area contributed by atoms with Crippen LogP contribution in [0.15, 0.2) is 18.2 Å². The summed E-state index contributed by atoms with van der Waals surface area (Å²) >= 11 is 0. The van der Waals surface area contributed by atoms with Gasteiger partial charge in [0.15, 0.2) is 0 Å². The summed E-state index contributed by atoms with van der Waals surface area (Å²) in [5.74, 6) is -1.28. The van der Waals surface area contributed by atoms with E-state index in [2.05, 4.69) is 5.32 Å². The number of alkyl halides is 3. The van der Waals surface area contributed by atoms with Crippen molar-refractivity contribution in [3.05, 3.63) is 29.6 Å². The third-order valence-electron chi connectivity index (χ3n) is 2.78. The van der Waals surface area contributed by atoms with Crippen molar-refractivity contribution in [2.45, 2.75) is 18.7 Å². The van der Waals surface area contributed by atoms with Crippen LogP contribution in [0.5, 0.6) is 0 Å². The average molecular weight is 279 g/mol. The van der Waals surface area contributed by atoms with E-state index in [0.29, 0.717) is 19.6 Å². The van der Waals surface area contributed by atoms with Gasteiger partial charge in [-0.15, -0.1) is 0 Å². The second kappa shape index (κ2) is 5.75. The molecule has 19 heavy (non-hydrogen) atoms. The van der Waals surface area contributed by atoms with Gasteiger partial charge in [-0.3, -0.25) is 0 Å². The quantitative estimate of drug-likeness (QED) is 0.863. The molecule has 1 aromatic carbocycles. The van der Waals surface area contributed by atoms with Gasteiger partial charge in [-0.1, -0.05) is 0 Å². The Morgan fingerprint density at radius 3 is 2.74 bits per heavy atom. The van der Waals surface area contributed by atoms with Crippen molar-refractivity contribution in [1.29, 1.82) is 0 Å². The molecule has 7 heteroatoms. The van der Waals surface area contributed by atoms with Crippen LogP contribution >= 0.6 is 0 Å². The van der Waals surface area contributed by atoms with Gasteiger partial charge in [0.05, 0.1) is 18.3 Å². The number of hydrogen-bond acceptors (Lipinski definition) is 3. The molecule has 2 rings (SSSR count). The van der Waals surface area contributed by atoms with Crippen LogP contribution in [0, 0.1) is 5.82 Å². The average Bonchev–Trinajstić information content (AvgIpc) is 2.37. The molecule has 1 atom stereocenters. The Balaban J connectivity index is 2.00. The van der Waals surface area contributed by atoms with Gasteiger partial charge in [0.25, 0.3) is 0 Å².